The third kappa shape index (κ3) is 4.05. The number of nitrogens with one attached hydrogen (secondary N) is 1. The van der Waals surface area contributed by atoms with Crippen LogP contribution in [-0.4, -0.2) is 15.5 Å². The maximum Gasteiger partial charge on any atom is 0.261 e. The van der Waals surface area contributed by atoms with E-state index in [-0.39, 0.29) is 11.0 Å². The Labute approximate surface area is 174 Å². The zero-order valence-electron chi connectivity index (χ0n) is 16.6. The predicted octanol–water partition coefficient (Wildman–Crippen LogP) is 4.52. The van der Waals surface area contributed by atoms with Crippen LogP contribution >= 0.6 is 0 Å². The summed E-state index contributed by atoms with van der Waals surface area (Å²) in [5.41, 5.74) is 3.65. The second kappa shape index (κ2) is 8.57. The quantitative estimate of drug-likeness (QED) is 0.540. The number of hydrogen-bond acceptors (Lipinski definition) is 3. The molecule has 1 N–H and O–H groups in total. The van der Waals surface area contributed by atoms with Crippen LogP contribution in [0.15, 0.2) is 96.1 Å². The van der Waals surface area contributed by atoms with Crippen LogP contribution in [0.25, 0.3) is 11.3 Å². The number of nitrogens with zero attached hydrogens (tertiary/aromatic N) is 2. The fourth-order valence-electron chi connectivity index (χ4n) is 3.48. The maximum absolute atomic E-state index is 13.2. The van der Waals surface area contributed by atoms with Gasteiger partial charge in [-0.05, 0) is 36.8 Å². The summed E-state index contributed by atoms with van der Waals surface area (Å²) in [5.74, 6) is -0.431. The van der Waals surface area contributed by atoms with Gasteiger partial charge in [-0.3, -0.25) is 14.6 Å². The molecule has 0 aliphatic rings. The summed E-state index contributed by atoms with van der Waals surface area (Å²) in [4.78, 5) is 30.3. The third-order valence-electron chi connectivity index (χ3n) is 4.91. The van der Waals surface area contributed by atoms with E-state index in [0.29, 0.717) is 17.9 Å². The topological polar surface area (TPSA) is 64.0 Å². The van der Waals surface area contributed by atoms with Gasteiger partial charge in [0.2, 0.25) is 0 Å². The molecule has 5 nitrogen and oxygen atoms in total. The average Bonchev–Trinajstić information content (AvgIpc) is 2.77. The van der Waals surface area contributed by atoms with Crippen LogP contribution in [-0.2, 0) is 6.54 Å². The zero-order chi connectivity index (χ0) is 20.9. The number of rotatable bonds is 5. The molecule has 0 spiro atoms. The first-order chi connectivity index (χ1) is 14.6. The Hall–Kier alpha value is -3.99. The molecule has 0 aliphatic carbocycles. The smallest absolute Gasteiger partial charge is 0.261 e. The van der Waals surface area contributed by atoms with Gasteiger partial charge in [0, 0.05) is 41.9 Å². The fraction of sp³-hybridized carbons (Fsp3) is 0.0800. The fourth-order valence-corrected chi connectivity index (χ4v) is 3.48. The van der Waals surface area contributed by atoms with E-state index in [1.165, 1.54) is 6.07 Å². The van der Waals surface area contributed by atoms with Crippen LogP contribution in [0.4, 0.5) is 5.69 Å². The van der Waals surface area contributed by atoms with Crippen molar-refractivity contribution in [1.82, 2.24) is 9.55 Å². The van der Waals surface area contributed by atoms with Crippen LogP contribution < -0.4 is 10.7 Å². The van der Waals surface area contributed by atoms with Gasteiger partial charge in [-0.1, -0.05) is 48.5 Å². The maximum atomic E-state index is 13.2. The molecule has 148 valence electrons. The molecular formula is C25H21N3O2. The monoisotopic (exact) mass is 395 g/mol. The van der Waals surface area contributed by atoms with E-state index < -0.39 is 5.91 Å². The summed E-state index contributed by atoms with van der Waals surface area (Å²) in [7, 11) is 0. The molecule has 0 radical (unpaired) electrons. The molecule has 0 atom stereocenters. The van der Waals surface area contributed by atoms with E-state index in [1.807, 2.05) is 72.2 Å². The van der Waals surface area contributed by atoms with Crippen LogP contribution in [0.3, 0.4) is 0 Å². The lowest BCUT2D eigenvalue weighted by Gasteiger charge is -2.20. The number of carbonyl (C=O) groups excluding carboxylic acids is 1. The van der Waals surface area contributed by atoms with Crippen molar-refractivity contribution in [3.8, 4) is 11.3 Å². The van der Waals surface area contributed by atoms with E-state index in [2.05, 4.69) is 10.3 Å². The van der Waals surface area contributed by atoms with E-state index in [4.69, 9.17) is 0 Å². The van der Waals surface area contributed by atoms with Crippen LogP contribution in [0, 0.1) is 6.92 Å². The summed E-state index contributed by atoms with van der Waals surface area (Å²) < 4.78 is 2.01. The van der Waals surface area contributed by atoms with Gasteiger partial charge in [-0.25, -0.2) is 0 Å². The summed E-state index contributed by atoms with van der Waals surface area (Å²) >= 11 is 0. The van der Waals surface area contributed by atoms with Crippen molar-refractivity contribution in [3.63, 3.8) is 0 Å². The number of pyridine rings is 2. The van der Waals surface area contributed by atoms with E-state index >= 15 is 0 Å². The molecule has 2 aromatic carbocycles. The molecule has 0 saturated heterocycles. The Morgan fingerprint density at radius 3 is 2.23 bits per heavy atom. The molecule has 30 heavy (non-hydrogen) atoms. The summed E-state index contributed by atoms with van der Waals surface area (Å²) in [5, 5.41) is 2.85. The standard InChI is InChI=1S/C25H21N3O2/c1-18-16-22(29)23(25(30)27-21-10-6-3-7-11-21)24(20-12-14-26-15-13-20)28(18)17-19-8-4-2-5-9-19/h2-16H,17H2,1H3,(H,27,30). The SMILES string of the molecule is Cc1cc(=O)c(C(=O)Nc2ccccc2)c(-c2ccncc2)n1Cc1ccccc1. The molecule has 4 rings (SSSR count). The second-order valence-corrected chi connectivity index (χ2v) is 7.00. The van der Waals surface area contributed by atoms with E-state index in [1.54, 1.807) is 24.5 Å². The lowest BCUT2D eigenvalue weighted by molar-refractivity contribution is 0.102. The molecule has 0 unspecified atom stereocenters. The molecule has 5 heteroatoms. The Morgan fingerprint density at radius 1 is 0.933 bits per heavy atom. The van der Waals surface area contributed by atoms with Crippen molar-refractivity contribution in [2.45, 2.75) is 13.5 Å². The zero-order valence-corrected chi connectivity index (χ0v) is 16.6. The van der Waals surface area contributed by atoms with Gasteiger partial charge in [-0.15, -0.1) is 0 Å². The van der Waals surface area contributed by atoms with Gasteiger partial charge in [0.15, 0.2) is 5.43 Å². The van der Waals surface area contributed by atoms with Crippen molar-refractivity contribution in [2.75, 3.05) is 5.32 Å². The Morgan fingerprint density at radius 2 is 1.57 bits per heavy atom. The van der Waals surface area contributed by atoms with E-state index in [0.717, 1.165) is 16.8 Å². The number of aromatic nitrogens is 2. The first-order valence-electron chi connectivity index (χ1n) is 9.68. The number of benzene rings is 2. The first-order valence-corrected chi connectivity index (χ1v) is 9.68. The second-order valence-electron chi connectivity index (χ2n) is 7.00. The Balaban J connectivity index is 1.89. The summed E-state index contributed by atoms with van der Waals surface area (Å²) in [6.45, 7) is 2.42. The summed E-state index contributed by atoms with van der Waals surface area (Å²) in [6.07, 6.45) is 3.32. The minimum absolute atomic E-state index is 0.117. The first kappa shape index (κ1) is 19.3. The van der Waals surface area contributed by atoms with Gasteiger partial charge < -0.3 is 9.88 Å². The van der Waals surface area contributed by atoms with Crippen molar-refractivity contribution < 1.29 is 4.79 Å². The number of anilines is 1. The lowest BCUT2D eigenvalue weighted by atomic mass is 10.0. The van der Waals surface area contributed by atoms with Crippen LogP contribution in [0.5, 0.6) is 0 Å². The van der Waals surface area contributed by atoms with Gasteiger partial charge in [0.25, 0.3) is 5.91 Å². The molecule has 1 amide bonds. The number of amides is 1. The number of aryl methyl sites for hydroxylation is 1. The van der Waals surface area contributed by atoms with Crippen molar-refractivity contribution in [3.05, 3.63) is 118 Å². The highest BCUT2D eigenvalue weighted by atomic mass is 16.2. The third-order valence-corrected chi connectivity index (χ3v) is 4.91. The molecule has 2 heterocycles. The highest BCUT2D eigenvalue weighted by Crippen LogP contribution is 2.25. The molecule has 0 saturated carbocycles. The Kier molecular flexibility index (Phi) is 5.52. The normalized spacial score (nSPS) is 10.6. The van der Waals surface area contributed by atoms with Gasteiger partial charge >= 0.3 is 0 Å². The molecule has 4 aromatic rings. The molecule has 0 aliphatic heterocycles. The summed E-state index contributed by atoms with van der Waals surface area (Å²) in [6, 6.07) is 24.2. The van der Waals surface area contributed by atoms with Crippen molar-refractivity contribution in [1.29, 1.82) is 0 Å². The van der Waals surface area contributed by atoms with Crippen molar-refractivity contribution in [2.24, 2.45) is 0 Å². The minimum atomic E-state index is -0.431. The van der Waals surface area contributed by atoms with Gasteiger partial charge in [0.1, 0.15) is 5.56 Å². The van der Waals surface area contributed by atoms with Crippen LogP contribution in [0.1, 0.15) is 21.6 Å². The molecular weight excluding hydrogens is 374 g/mol. The predicted molar refractivity (Wildman–Crippen MR) is 119 cm³/mol. The van der Waals surface area contributed by atoms with Crippen LogP contribution in [0.2, 0.25) is 0 Å². The number of para-hydroxylation sites is 1. The van der Waals surface area contributed by atoms with Gasteiger partial charge in [0.05, 0.1) is 5.69 Å². The number of carbonyl (C=O) groups is 1. The average molecular weight is 395 g/mol. The molecule has 0 fully saturated rings. The Bertz CT molecular complexity index is 1220. The minimum Gasteiger partial charge on any atom is -0.340 e. The number of hydrogen-bond donors (Lipinski definition) is 1. The largest absolute Gasteiger partial charge is 0.340 e. The molecule has 2 aromatic heterocycles. The lowest BCUT2D eigenvalue weighted by Crippen LogP contribution is -2.27. The highest BCUT2D eigenvalue weighted by Gasteiger charge is 2.22. The molecule has 0 bridgehead atoms. The van der Waals surface area contributed by atoms with Gasteiger partial charge in [-0.2, -0.15) is 0 Å². The van der Waals surface area contributed by atoms with E-state index in [9.17, 15) is 9.59 Å². The van der Waals surface area contributed by atoms with Crippen molar-refractivity contribution >= 4 is 11.6 Å². The highest BCUT2D eigenvalue weighted by molar-refractivity contribution is 6.08.